The molecule has 0 saturated carbocycles. The molecule has 0 atom stereocenters. The first-order valence-corrected chi connectivity index (χ1v) is 5.27. The van der Waals surface area contributed by atoms with E-state index in [0.29, 0.717) is 6.54 Å². The molecule has 0 radical (unpaired) electrons. The van der Waals surface area contributed by atoms with Crippen molar-refractivity contribution in [1.29, 1.82) is 0 Å². The van der Waals surface area contributed by atoms with Crippen LogP contribution in [0.4, 0.5) is 0 Å². The number of H-pyrrole nitrogens is 1. The van der Waals surface area contributed by atoms with Gasteiger partial charge in [0, 0.05) is 18.2 Å². The van der Waals surface area contributed by atoms with Gasteiger partial charge in [0.2, 0.25) is 5.91 Å². The van der Waals surface area contributed by atoms with Gasteiger partial charge in [-0.2, -0.15) is 5.10 Å². The molecule has 2 N–H and O–H groups in total. The molecule has 0 spiro atoms. The van der Waals surface area contributed by atoms with E-state index in [0.717, 1.165) is 18.5 Å². The van der Waals surface area contributed by atoms with Crippen molar-refractivity contribution in [1.82, 2.24) is 15.5 Å². The minimum absolute atomic E-state index is 0.101. The van der Waals surface area contributed by atoms with Gasteiger partial charge in [0.05, 0.1) is 5.69 Å². The summed E-state index contributed by atoms with van der Waals surface area (Å²) >= 11 is 0. The minimum Gasteiger partial charge on any atom is -0.356 e. The first-order valence-electron chi connectivity index (χ1n) is 5.27. The second kappa shape index (κ2) is 4.96. The number of hydrogen-bond acceptors (Lipinski definition) is 2. The topological polar surface area (TPSA) is 57.8 Å². The average molecular weight is 209 g/mol. The summed E-state index contributed by atoms with van der Waals surface area (Å²) in [5, 5.41) is 9.72. The van der Waals surface area contributed by atoms with E-state index in [1.807, 2.05) is 33.0 Å². The van der Waals surface area contributed by atoms with Crippen LogP contribution in [0.3, 0.4) is 0 Å². The van der Waals surface area contributed by atoms with Crippen molar-refractivity contribution in [2.75, 3.05) is 6.54 Å². The Kier molecular flexibility index (Phi) is 3.88. The summed E-state index contributed by atoms with van der Waals surface area (Å²) < 4.78 is 0. The normalized spacial score (nSPS) is 11.4. The molecule has 0 aromatic carbocycles. The van der Waals surface area contributed by atoms with Crippen LogP contribution < -0.4 is 5.32 Å². The van der Waals surface area contributed by atoms with Crippen molar-refractivity contribution in [2.24, 2.45) is 5.41 Å². The number of aromatic nitrogens is 2. The predicted octanol–water partition coefficient (Wildman–Crippen LogP) is 1.50. The number of nitrogens with one attached hydrogen (secondary N) is 2. The fourth-order valence-electron chi connectivity index (χ4n) is 1.17. The van der Waals surface area contributed by atoms with Gasteiger partial charge in [0.1, 0.15) is 0 Å². The van der Waals surface area contributed by atoms with Crippen LogP contribution in [-0.2, 0) is 11.2 Å². The van der Waals surface area contributed by atoms with Crippen LogP contribution in [0.2, 0.25) is 0 Å². The van der Waals surface area contributed by atoms with Crippen molar-refractivity contribution >= 4 is 5.91 Å². The van der Waals surface area contributed by atoms with Crippen LogP contribution in [0, 0.1) is 5.41 Å². The molecule has 0 unspecified atom stereocenters. The number of aromatic amines is 1. The number of aryl methyl sites for hydroxylation is 1. The first-order chi connectivity index (χ1) is 7.00. The molecule has 0 bridgehead atoms. The molecule has 1 amide bonds. The summed E-state index contributed by atoms with van der Waals surface area (Å²) in [7, 11) is 0. The molecule has 1 aromatic rings. The highest BCUT2D eigenvalue weighted by atomic mass is 16.2. The van der Waals surface area contributed by atoms with Gasteiger partial charge in [-0.25, -0.2) is 0 Å². The standard InChI is InChI=1S/C11H19N3O/c1-11(2,3)10(15)12-7-4-5-9-6-8-13-14-9/h6,8H,4-5,7H2,1-3H3,(H,12,15)(H,13,14). The van der Waals surface area contributed by atoms with Gasteiger partial charge in [-0.05, 0) is 18.9 Å². The molecule has 0 aliphatic carbocycles. The Morgan fingerprint density at radius 1 is 1.53 bits per heavy atom. The maximum Gasteiger partial charge on any atom is 0.225 e. The smallest absolute Gasteiger partial charge is 0.225 e. The third kappa shape index (κ3) is 4.14. The Hall–Kier alpha value is -1.32. The highest BCUT2D eigenvalue weighted by Crippen LogP contribution is 2.12. The van der Waals surface area contributed by atoms with Gasteiger partial charge in [0.15, 0.2) is 0 Å². The second-order valence-electron chi connectivity index (χ2n) is 4.68. The molecule has 84 valence electrons. The maximum absolute atomic E-state index is 11.5. The SMILES string of the molecule is CC(C)(C)C(=O)NCCCc1cc[nH]n1. The van der Waals surface area contributed by atoms with Crippen LogP contribution >= 0.6 is 0 Å². The predicted molar refractivity (Wildman–Crippen MR) is 59.4 cm³/mol. The number of carbonyl (C=O) groups excluding carboxylic acids is 1. The fraction of sp³-hybridized carbons (Fsp3) is 0.636. The Bertz CT molecular complexity index is 298. The van der Waals surface area contributed by atoms with E-state index in [1.54, 1.807) is 0 Å². The van der Waals surface area contributed by atoms with Crippen molar-refractivity contribution in [3.63, 3.8) is 0 Å². The van der Waals surface area contributed by atoms with Crippen molar-refractivity contribution < 1.29 is 4.79 Å². The number of rotatable bonds is 4. The quantitative estimate of drug-likeness (QED) is 0.738. The lowest BCUT2D eigenvalue weighted by atomic mass is 9.96. The molecule has 0 saturated heterocycles. The highest BCUT2D eigenvalue weighted by molar-refractivity contribution is 5.81. The Morgan fingerprint density at radius 2 is 2.27 bits per heavy atom. The zero-order valence-electron chi connectivity index (χ0n) is 9.63. The van der Waals surface area contributed by atoms with Crippen LogP contribution in [0.25, 0.3) is 0 Å². The highest BCUT2D eigenvalue weighted by Gasteiger charge is 2.20. The Balaban J connectivity index is 2.15. The van der Waals surface area contributed by atoms with Crippen LogP contribution in [0.5, 0.6) is 0 Å². The van der Waals surface area contributed by atoms with Crippen LogP contribution in [0.1, 0.15) is 32.9 Å². The second-order valence-corrected chi connectivity index (χ2v) is 4.68. The molecule has 1 aromatic heterocycles. The summed E-state index contributed by atoms with van der Waals surface area (Å²) in [4.78, 5) is 11.5. The van der Waals surface area contributed by atoms with E-state index in [-0.39, 0.29) is 11.3 Å². The lowest BCUT2D eigenvalue weighted by molar-refractivity contribution is -0.128. The van der Waals surface area contributed by atoms with E-state index >= 15 is 0 Å². The van der Waals surface area contributed by atoms with Gasteiger partial charge in [0.25, 0.3) is 0 Å². The van der Waals surface area contributed by atoms with Gasteiger partial charge >= 0.3 is 0 Å². The third-order valence-corrected chi connectivity index (χ3v) is 2.13. The lowest BCUT2D eigenvalue weighted by Crippen LogP contribution is -2.35. The Morgan fingerprint density at radius 3 is 2.80 bits per heavy atom. The van der Waals surface area contributed by atoms with Crippen molar-refractivity contribution in [2.45, 2.75) is 33.6 Å². The van der Waals surface area contributed by atoms with E-state index in [2.05, 4.69) is 15.5 Å². The maximum atomic E-state index is 11.5. The van der Waals surface area contributed by atoms with E-state index in [9.17, 15) is 4.79 Å². The lowest BCUT2D eigenvalue weighted by Gasteiger charge is -2.17. The van der Waals surface area contributed by atoms with Crippen molar-refractivity contribution in [3.8, 4) is 0 Å². The van der Waals surface area contributed by atoms with Gasteiger partial charge in [-0.15, -0.1) is 0 Å². The van der Waals surface area contributed by atoms with Crippen LogP contribution in [0.15, 0.2) is 12.3 Å². The molecular weight excluding hydrogens is 190 g/mol. The van der Waals surface area contributed by atoms with E-state index in [1.165, 1.54) is 0 Å². The van der Waals surface area contributed by atoms with Crippen molar-refractivity contribution in [3.05, 3.63) is 18.0 Å². The number of hydrogen-bond donors (Lipinski definition) is 2. The fourth-order valence-corrected chi connectivity index (χ4v) is 1.17. The summed E-state index contributed by atoms with van der Waals surface area (Å²) in [5.41, 5.74) is 0.742. The molecule has 0 fully saturated rings. The monoisotopic (exact) mass is 209 g/mol. The van der Waals surface area contributed by atoms with Crippen LogP contribution in [-0.4, -0.2) is 22.6 Å². The zero-order valence-corrected chi connectivity index (χ0v) is 9.63. The molecule has 0 aliphatic heterocycles. The van der Waals surface area contributed by atoms with Gasteiger partial charge in [-0.3, -0.25) is 9.89 Å². The summed E-state index contributed by atoms with van der Waals surface area (Å²) in [6.45, 7) is 6.45. The molecule has 15 heavy (non-hydrogen) atoms. The molecule has 1 heterocycles. The van der Waals surface area contributed by atoms with Gasteiger partial charge in [-0.1, -0.05) is 20.8 Å². The summed E-state index contributed by atoms with van der Waals surface area (Å²) in [6, 6.07) is 1.95. The third-order valence-electron chi connectivity index (χ3n) is 2.13. The number of amides is 1. The minimum atomic E-state index is -0.299. The first kappa shape index (κ1) is 11.8. The molecule has 4 nitrogen and oxygen atoms in total. The summed E-state index contributed by atoms with van der Waals surface area (Å²) in [5.74, 6) is 0.101. The average Bonchev–Trinajstić information content (AvgIpc) is 2.63. The van der Waals surface area contributed by atoms with Gasteiger partial charge < -0.3 is 5.32 Å². The zero-order chi connectivity index (χ0) is 11.3. The molecular formula is C11H19N3O. The molecule has 4 heteroatoms. The molecule has 1 rings (SSSR count). The summed E-state index contributed by atoms with van der Waals surface area (Å²) in [6.07, 6.45) is 3.63. The number of nitrogens with zero attached hydrogens (tertiary/aromatic N) is 1. The van der Waals surface area contributed by atoms with E-state index < -0.39 is 0 Å². The largest absolute Gasteiger partial charge is 0.356 e. The Labute approximate surface area is 90.5 Å². The number of carbonyl (C=O) groups is 1. The molecule has 0 aliphatic rings. The van der Waals surface area contributed by atoms with E-state index in [4.69, 9.17) is 0 Å².